The van der Waals surface area contributed by atoms with Gasteiger partial charge in [-0.2, -0.15) is 5.26 Å². The van der Waals surface area contributed by atoms with Crippen LogP contribution in [0, 0.1) is 11.3 Å². The summed E-state index contributed by atoms with van der Waals surface area (Å²) in [5, 5.41) is 13.8. The second-order valence-electron chi connectivity index (χ2n) is 4.88. The lowest BCUT2D eigenvalue weighted by Gasteiger charge is -2.05. The Morgan fingerprint density at radius 1 is 1.12 bits per heavy atom. The zero-order chi connectivity index (χ0) is 17.1. The van der Waals surface area contributed by atoms with Gasteiger partial charge in [-0.15, -0.1) is 11.3 Å². The Morgan fingerprint density at radius 3 is 2.54 bits per heavy atom. The summed E-state index contributed by atoms with van der Waals surface area (Å²) in [4.78, 5) is 13.0. The number of halogens is 2. The summed E-state index contributed by atoms with van der Waals surface area (Å²) in [5.41, 5.74) is 0.413. The van der Waals surface area contributed by atoms with E-state index in [1.54, 1.807) is 24.3 Å². The molecule has 1 N–H and O–H groups in total. The van der Waals surface area contributed by atoms with Gasteiger partial charge in [0.15, 0.2) is 0 Å². The second-order valence-corrected chi connectivity index (χ2v) is 6.75. The van der Waals surface area contributed by atoms with Crippen LogP contribution in [0.5, 0.6) is 0 Å². The number of nitriles is 1. The summed E-state index contributed by atoms with van der Waals surface area (Å²) >= 11 is 13.8. The number of hydrogen-bond acceptors (Lipinski definition) is 3. The summed E-state index contributed by atoms with van der Waals surface area (Å²) in [6, 6.07) is 16.4. The van der Waals surface area contributed by atoms with E-state index in [2.05, 4.69) is 5.32 Å². The van der Waals surface area contributed by atoms with Crippen molar-refractivity contribution < 1.29 is 4.79 Å². The molecule has 0 aliphatic rings. The number of fused-ring (bicyclic) bond motifs is 1. The van der Waals surface area contributed by atoms with Crippen molar-refractivity contribution in [2.24, 2.45) is 0 Å². The molecule has 24 heavy (non-hydrogen) atoms. The fourth-order valence-electron chi connectivity index (χ4n) is 2.16. The molecule has 0 aliphatic carbocycles. The van der Waals surface area contributed by atoms with Gasteiger partial charge in [0.05, 0.1) is 15.7 Å². The van der Waals surface area contributed by atoms with E-state index in [4.69, 9.17) is 23.2 Å². The van der Waals surface area contributed by atoms with E-state index in [1.165, 1.54) is 17.4 Å². The van der Waals surface area contributed by atoms with E-state index in [0.717, 1.165) is 10.1 Å². The minimum Gasteiger partial charge on any atom is -0.320 e. The summed E-state index contributed by atoms with van der Waals surface area (Å²) in [7, 11) is 0. The normalized spacial score (nSPS) is 11.3. The number of nitrogens with one attached hydrogen (secondary N) is 1. The van der Waals surface area contributed by atoms with E-state index in [0.29, 0.717) is 20.6 Å². The third-order valence-corrected chi connectivity index (χ3v) is 5.29. The van der Waals surface area contributed by atoms with Gasteiger partial charge in [-0.1, -0.05) is 53.5 Å². The van der Waals surface area contributed by atoms with Gasteiger partial charge in [0.25, 0.3) is 5.91 Å². The molecule has 1 amide bonds. The SMILES string of the molecule is N#C/C(=C\c1sc2ccccc2c1Cl)C(=O)Nc1ccccc1Cl. The van der Waals surface area contributed by atoms with Crippen molar-refractivity contribution in [2.45, 2.75) is 0 Å². The highest BCUT2D eigenvalue weighted by atomic mass is 35.5. The molecule has 118 valence electrons. The van der Waals surface area contributed by atoms with Gasteiger partial charge in [0.2, 0.25) is 0 Å². The van der Waals surface area contributed by atoms with E-state index < -0.39 is 5.91 Å². The first kappa shape index (κ1) is 16.5. The number of amides is 1. The molecule has 0 spiro atoms. The van der Waals surface area contributed by atoms with Crippen LogP contribution in [0.4, 0.5) is 5.69 Å². The maximum absolute atomic E-state index is 12.3. The van der Waals surface area contributed by atoms with Crippen molar-refractivity contribution in [3.8, 4) is 6.07 Å². The molecule has 0 radical (unpaired) electrons. The van der Waals surface area contributed by atoms with Crippen LogP contribution >= 0.6 is 34.5 Å². The molecular formula is C18H10Cl2N2OS. The van der Waals surface area contributed by atoms with E-state index in [1.807, 2.05) is 30.3 Å². The number of thiophene rings is 1. The van der Waals surface area contributed by atoms with Crippen LogP contribution < -0.4 is 5.32 Å². The first-order valence-electron chi connectivity index (χ1n) is 6.95. The monoisotopic (exact) mass is 372 g/mol. The second kappa shape index (κ2) is 7.06. The Morgan fingerprint density at radius 2 is 1.83 bits per heavy atom. The van der Waals surface area contributed by atoms with Crippen LogP contribution in [0.3, 0.4) is 0 Å². The van der Waals surface area contributed by atoms with Gasteiger partial charge >= 0.3 is 0 Å². The van der Waals surface area contributed by atoms with Crippen LogP contribution in [0.25, 0.3) is 16.2 Å². The molecule has 2 aromatic carbocycles. The molecule has 0 saturated heterocycles. The lowest BCUT2D eigenvalue weighted by atomic mass is 10.2. The summed E-state index contributed by atoms with van der Waals surface area (Å²) in [6.45, 7) is 0. The van der Waals surface area contributed by atoms with Crippen molar-refractivity contribution in [3.05, 3.63) is 69.0 Å². The summed E-state index contributed by atoms with van der Waals surface area (Å²) in [6.07, 6.45) is 1.50. The number of para-hydroxylation sites is 1. The molecule has 6 heteroatoms. The quantitative estimate of drug-likeness (QED) is 0.469. The Hall–Kier alpha value is -2.32. The first-order chi connectivity index (χ1) is 11.6. The minimum atomic E-state index is -0.529. The van der Waals surface area contributed by atoms with Crippen LogP contribution in [0.1, 0.15) is 4.88 Å². The Bertz CT molecular complexity index is 1000. The molecule has 3 aromatic rings. The van der Waals surface area contributed by atoms with Crippen molar-refractivity contribution in [2.75, 3.05) is 5.32 Å². The Labute approximate surface area is 152 Å². The Balaban J connectivity index is 1.94. The van der Waals surface area contributed by atoms with Crippen LogP contribution in [0.15, 0.2) is 54.1 Å². The highest BCUT2D eigenvalue weighted by molar-refractivity contribution is 7.20. The zero-order valence-corrected chi connectivity index (χ0v) is 14.5. The Kier molecular flexibility index (Phi) is 4.86. The molecule has 0 saturated carbocycles. The molecule has 0 atom stereocenters. The summed E-state index contributed by atoms with van der Waals surface area (Å²) < 4.78 is 0.998. The smallest absolute Gasteiger partial charge is 0.266 e. The number of benzene rings is 2. The van der Waals surface area contributed by atoms with Crippen molar-refractivity contribution in [1.29, 1.82) is 5.26 Å². The zero-order valence-electron chi connectivity index (χ0n) is 12.2. The molecule has 3 nitrogen and oxygen atoms in total. The molecule has 0 bridgehead atoms. The highest BCUT2D eigenvalue weighted by Gasteiger charge is 2.14. The highest BCUT2D eigenvalue weighted by Crippen LogP contribution is 2.36. The van der Waals surface area contributed by atoms with Gasteiger partial charge in [0, 0.05) is 15.0 Å². The van der Waals surface area contributed by atoms with Gasteiger partial charge < -0.3 is 5.32 Å². The molecule has 0 aliphatic heterocycles. The number of hydrogen-bond donors (Lipinski definition) is 1. The fraction of sp³-hybridized carbons (Fsp3) is 0. The third-order valence-electron chi connectivity index (χ3n) is 3.32. The van der Waals surface area contributed by atoms with Crippen LogP contribution in [-0.4, -0.2) is 5.91 Å². The van der Waals surface area contributed by atoms with Gasteiger partial charge in [-0.25, -0.2) is 0 Å². The number of anilines is 1. The van der Waals surface area contributed by atoms with Crippen molar-refractivity contribution in [3.63, 3.8) is 0 Å². The van der Waals surface area contributed by atoms with Crippen LogP contribution in [0.2, 0.25) is 10.0 Å². The van der Waals surface area contributed by atoms with E-state index in [9.17, 15) is 10.1 Å². The molecule has 0 fully saturated rings. The molecule has 1 heterocycles. The first-order valence-corrected chi connectivity index (χ1v) is 8.52. The fourth-order valence-corrected chi connectivity index (χ4v) is 3.77. The standard InChI is InChI=1S/C18H10Cl2N2OS/c19-13-6-2-3-7-14(13)22-18(23)11(10-21)9-16-17(20)12-5-1-4-8-15(12)24-16/h1-9H,(H,22,23)/b11-9+. The third kappa shape index (κ3) is 3.29. The lowest BCUT2D eigenvalue weighted by molar-refractivity contribution is -0.112. The predicted octanol–water partition coefficient (Wildman–Crippen LogP) is 5.75. The number of rotatable bonds is 3. The number of carbonyl (C=O) groups excluding carboxylic acids is 1. The van der Waals surface area contributed by atoms with Crippen LogP contribution in [-0.2, 0) is 4.79 Å². The van der Waals surface area contributed by atoms with Crippen molar-refractivity contribution >= 4 is 62.3 Å². The predicted molar refractivity (Wildman–Crippen MR) is 101 cm³/mol. The molecule has 1 aromatic heterocycles. The van der Waals surface area contributed by atoms with Crippen molar-refractivity contribution in [1.82, 2.24) is 0 Å². The van der Waals surface area contributed by atoms with E-state index in [-0.39, 0.29) is 5.57 Å². The van der Waals surface area contributed by atoms with Gasteiger partial charge in [-0.3, -0.25) is 4.79 Å². The molecule has 0 unspecified atom stereocenters. The maximum atomic E-state index is 12.3. The lowest BCUT2D eigenvalue weighted by Crippen LogP contribution is -2.13. The topological polar surface area (TPSA) is 52.9 Å². The van der Waals surface area contributed by atoms with Gasteiger partial charge in [-0.05, 0) is 24.3 Å². The molecule has 3 rings (SSSR count). The number of carbonyl (C=O) groups is 1. The summed E-state index contributed by atoms with van der Waals surface area (Å²) in [5.74, 6) is -0.529. The minimum absolute atomic E-state index is 0.0385. The average molecular weight is 373 g/mol. The number of nitrogens with zero attached hydrogens (tertiary/aromatic N) is 1. The average Bonchev–Trinajstić information content (AvgIpc) is 2.91. The van der Waals surface area contributed by atoms with Gasteiger partial charge in [0.1, 0.15) is 11.6 Å². The maximum Gasteiger partial charge on any atom is 0.266 e. The largest absolute Gasteiger partial charge is 0.320 e. The molecular weight excluding hydrogens is 363 g/mol. The van der Waals surface area contributed by atoms with E-state index >= 15 is 0 Å².